The Hall–Kier alpha value is -1.67. The van der Waals surface area contributed by atoms with Gasteiger partial charge in [-0.3, -0.25) is 0 Å². The third-order valence-corrected chi connectivity index (χ3v) is 2.05. The molecular formula is C13H13N3Zn. The molecule has 0 aliphatic heterocycles. The van der Waals surface area contributed by atoms with Crippen molar-refractivity contribution in [3.63, 3.8) is 0 Å². The molecular weight excluding hydrogens is 264 g/mol. The van der Waals surface area contributed by atoms with Gasteiger partial charge in [0, 0.05) is 25.2 Å². The van der Waals surface area contributed by atoms with Crippen molar-refractivity contribution in [2.24, 2.45) is 10.7 Å². The second kappa shape index (κ2) is 6.82. The molecule has 0 amide bonds. The third kappa shape index (κ3) is 4.37. The number of hydrogen-bond acceptors (Lipinski definition) is 1. The number of guanidine groups is 1. The van der Waals surface area contributed by atoms with E-state index in [0.29, 0.717) is 5.96 Å². The van der Waals surface area contributed by atoms with E-state index in [0.717, 1.165) is 11.4 Å². The second-order valence-corrected chi connectivity index (χ2v) is 3.32. The van der Waals surface area contributed by atoms with E-state index in [1.54, 1.807) is 0 Å². The summed E-state index contributed by atoms with van der Waals surface area (Å²) in [5.41, 5.74) is 7.54. The molecule has 0 unspecified atom stereocenters. The Labute approximate surface area is 114 Å². The Balaban J connectivity index is 0.00000144. The standard InChI is InChI=1S/C13H13N3.Zn/c14-13(15-11-7-3-1-4-8-11)16-12-9-5-2-6-10-12;/h1-10H,(H3,14,15,16);. The number of hydrogen-bond donors (Lipinski definition) is 2. The molecule has 0 saturated heterocycles. The molecule has 0 radical (unpaired) electrons. The zero-order chi connectivity index (χ0) is 11.2. The van der Waals surface area contributed by atoms with Crippen molar-refractivity contribution < 1.29 is 19.5 Å². The second-order valence-electron chi connectivity index (χ2n) is 3.32. The van der Waals surface area contributed by atoms with Crippen LogP contribution in [0.3, 0.4) is 0 Å². The van der Waals surface area contributed by atoms with Gasteiger partial charge in [0.2, 0.25) is 0 Å². The van der Waals surface area contributed by atoms with E-state index >= 15 is 0 Å². The SMILES string of the molecule is NC(=Nc1ccccc1)Nc1ccccc1.[Zn]. The first kappa shape index (κ1) is 13.4. The summed E-state index contributed by atoms with van der Waals surface area (Å²) >= 11 is 0. The molecule has 3 N–H and O–H groups in total. The maximum atomic E-state index is 5.78. The van der Waals surface area contributed by atoms with Crippen molar-refractivity contribution in [1.29, 1.82) is 0 Å². The smallest absolute Gasteiger partial charge is 0.198 e. The minimum atomic E-state index is 0. The third-order valence-electron chi connectivity index (χ3n) is 2.05. The molecule has 2 aromatic carbocycles. The largest absolute Gasteiger partial charge is 0.369 e. The first-order valence-corrected chi connectivity index (χ1v) is 5.06. The van der Waals surface area contributed by atoms with Crippen LogP contribution in [0.25, 0.3) is 0 Å². The van der Waals surface area contributed by atoms with Crippen LogP contribution in [0, 0.1) is 0 Å². The van der Waals surface area contributed by atoms with Gasteiger partial charge in [0.05, 0.1) is 5.69 Å². The minimum Gasteiger partial charge on any atom is -0.369 e. The minimum absolute atomic E-state index is 0. The van der Waals surface area contributed by atoms with Gasteiger partial charge < -0.3 is 11.1 Å². The van der Waals surface area contributed by atoms with E-state index in [4.69, 9.17) is 5.73 Å². The van der Waals surface area contributed by atoms with Gasteiger partial charge in [0.1, 0.15) is 0 Å². The Morgan fingerprint density at radius 1 is 0.882 bits per heavy atom. The fourth-order valence-corrected chi connectivity index (χ4v) is 1.34. The van der Waals surface area contributed by atoms with E-state index in [1.807, 2.05) is 60.7 Å². The number of benzene rings is 2. The van der Waals surface area contributed by atoms with Gasteiger partial charge in [0.15, 0.2) is 5.96 Å². The van der Waals surface area contributed by atoms with Crippen molar-refractivity contribution in [2.75, 3.05) is 5.32 Å². The Kier molecular flexibility index (Phi) is 5.37. The van der Waals surface area contributed by atoms with Gasteiger partial charge >= 0.3 is 0 Å². The molecule has 0 atom stereocenters. The van der Waals surface area contributed by atoms with Gasteiger partial charge in [-0.2, -0.15) is 0 Å². The summed E-state index contributed by atoms with van der Waals surface area (Å²) in [7, 11) is 0. The van der Waals surface area contributed by atoms with Crippen LogP contribution in [-0.4, -0.2) is 5.96 Å². The number of nitrogens with two attached hydrogens (primary N) is 1. The molecule has 0 aliphatic rings. The van der Waals surface area contributed by atoms with Gasteiger partial charge in [-0.1, -0.05) is 36.4 Å². The maximum absolute atomic E-state index is 5.78. The maximum Gasteiger partial charge on any atom is 0.198 e. The molecule has 0 fully saturated rings. The normalized spacial score (nSPS) is 10.5. The van der Waals surface area contributed by atoms with E-state index in [2.05, 4.69) is 10.3 Å². The van der Waals surface area contributed by atoms with Crippen molar-refractivity contribution in [3.8, 4) is 0 Å². The molecule has 0 bridgehead atoms. The van der Waals surface area contributed by atoms with E-state index in [1.165, 1.54) is 0 Å². The summed E-state index contributed by atoms with van der Waals surface area (Å²) < 4.78 is 0. The Bertz CT molecular complexity index is 469. The van der Waals surface area contributed by atoms with Crippen LogP contribution >= 0.6 is 0 Å². The molecule has 0 heterocycles. The molecule has 0 saturated carbocycles. The zero-order valence-electron chi connectivity index (χ0n) is 9.51. The van der Waals surface area contributed by atoms with Crippen molar-refractivity contribution in [1.82, 2.24) is 0 Å². The van der Waals surface area contributed by atoms with Crippen LogP contribution < -0.4 is 11.1 Å². The molecule has 4 heteroatoms. The summed E-state index contributed by atoms with van der Waals surface area (Å²) in [4.78, 5) is 4.24. The van der Waals surface area contributed by atoms with Gasteiger partial charge in [-0.15, -0.1) is 0 Å². The van der Waals surface area contributed by atoms with Crippen LogP contribution in [-0.2, 0) is 19.5 Å². The molecule has 0 aliphatic carbocycles. The van der Waals surface area contributed by atoms with Crippen LogP contribution in [0.1, 0.15) is 0 Å². The average Bonchev–Trinajstić information content (AvgIpc) is 2.31. The fraction of sp³-hybridized carbons (Fsp3) is 0. The molecule has 0 aromatic heterocycles. The Morgan fingerprint density at radius 2 is 1.41 bits per heavy atom. The number of anilines is 1. The molecule has 82 valence electrons. The summed E-state index contributed by atoms with van der Waals surface area (Å²) in [6, 6.07) is 19.3. The molecule has 2 rings (SSSR count). The van der Waals surface area contributed by atoms with Crippen LogP contribution in [0.4, 0.5) is 11.4 Å². The summed E-state index contributed by atoms with van der Waals surface area (Å²) in [5, 5.41) is 3.02. The summed E-state index contributed by atoms with van der Waals surface area (Å²) in [6.45, 7) is 0. The zero-order valence-corrected chi connectivity index (χ0v) is 12.5. The van der Waals surface area contributed by atoms with Crippen molar-refractivity contribution in [3.05, 3.63) is 60.7 Å². The number of nitrogens with one attached hydrogen (secondary N) is 1. The van der Waals surface area contributed by atoms with Gasteiger partial charge in [-0.25, -0.2) is 4.99 Å². The number of aliphatic imine (C=N–C) groups is 1. The van der Waals surface area contributed by atoms with Crippen molar-refractivity contribution >= 4 is 17.3 Å². The van der Waals surface area contributed by atoms with E-state index in [9.17, 15) is 0 Å². The topological polar surface area (TPSA) is 50.4 Å². The predicted octanol–water partition coefficient (Wildman–Crippen LogP) is 2.74. The molecule has 0 spiro atoms. The summed E-state index contributed by atoms with van der Waals surface area (Å²) in [5.74, 6) is 0.386. The molecule has 17 heavy (non-hydrogen) atoms. The van der Waals surface area contributed by atoms with E-state index < -0.39 is 0 Å². The van der Waals surface area contributed by atoms with Crippen molar-refractivity contribution in [2.45, 2.75) is 0 Å². The number of para-hydroxylation sites is 2. The average molecular weight is 277 g/mol. The molecule has 2 aromatic rings. The fourth-order valence-electron chi connectivity index (χ4n) is 1.34. The monoisotopic (exact) mass is 275 g/mol. The first-order chi connectivity index (χ1) is 7.84. The first-order valence-electron chi connectivity index (χ1n) is 5.06. The van der Waals surface area contributed by atoms with E-state index in [-0.39, 0.29) is 19.5 Å². The quantitative estimate of drug-likeness (QED) is 0.503. The number of rotatable bonds is 2. The number of nitrogens with zero attached hydrogens (tertiary/aromatic N) is 1. The van der Waals surface area contributed by atoms with Gasteiger partial charge in [0.25, 0.3) is 0 Å². The molecule has 3 nitrogen and oxygen atoms in total. The van der Waals surface area contributed by atoms with Crippen LogP contribution in [0.2, 0.25) is 0 Å². The van der Waals surface area contributed by atoms with Crippen LogP contribution in [0.15, 0.2) is 65.7 Å². The Morgan fingerprint density at radius 3 is 2.00 bits per heavy atom. The van der Waals surface area contributed by atoms with Crippen LogP contribution in [0.5, 0.6) is 0 Å². The predicted molar refractivity (Wildman–Crippen MR) is 67.8 cm³/mol. The summed E-state index contributed by atoms with van der Waals surface area (Å²) in [6.07, 6.45) is 0. The van der Waals surface area contributed by atoms with Gasteiger partial charge in [-0.05, 0) is 24.3 Å².